The van der Waals surface area contributed by atoms with Gasteiger partial charge in [-0.25, -0.2) is 31.8 Å². The van der Waals surface area contributed by atoms with Crippen molar-refractivity contribution in [1.82, 2.24) is 20.0 Å². The summed E-state index contributed by atoms with van der Waals surface area (Å²) in [4.78, 5) is 15.5. The Morgan fingerprint density at radius 2 is 2.04 bits per heavy atom. The summed E-state index contributed by atoms with van der Waals surface area (Å²) >= 11 is -2.78. The van der Waals surface area contributed by atoms with E-state index in [9.17, 15) is 22.3 Å². The van der Waals surface area contributed by atoms with E-state index in [1.807, 2.05) is 0 Å². The first kappa shape index (κ1) is 19.5. The molecule has 3 aromatic rings. The number of esters is 1. The van der Waals surface area contributed by atoms with Crippen LogP contribution in [-0.2, 0) is 16.0 Å². The lowest BCUT2D eigenvalue weighted by atomic mass is 10.2. The van der Waals surface area contributed by atoms with Gasteiger partial charge in [0.15, 0.2) is 0 Å². The molecule has 2 heterocycles. The molecular formula is C16H13F2N5O4S. The first-order valence-electron chi connectivity index (χ1n) is 7.65. The molecule has 0 bridgehead atoms. The van der Waals surface area contributed by atoms with Crippen LogP contribution >= 0.6 is 0 Å². The summed E-state index contributed by atoms with van der Waals surface area (Å²) in [6.07, 6.45) is 2.96. The van der Waals surface area contributed by atoms with Crippen molar-refractivity contribution in [3.63, 3.8) is 0 Å². The predicted molar refractivity (Wildman–Crippen MR) is 94.5 cm³/mol. The summed E-state index contributed by atoms with van der Waals surface area (Å²) in [7, 11) is 1.02. The van der Waals surface area contributed by atoms with Gasteiger partial charge in [-0.3, -0.25) is 4.55 Å². The summed E-state index contributed by atoms with van der Waals surface area (Å²) in [6.45, 7) is 1.75. The molecule has 146 valence electrons. The van der Waals surface area contributed by atoms with Crippen molar-refractivity contribution in [2.75, 3.05) is 11.4 Å². The Morgan fingerprint density at radius 3 is 2.57 bits per heavy atom. The Morgan fingerprint density at radius 1 is 1.29 bits per heavy atom. The Bertz CT molecular complexity index is 1060. The molecule has 28 heavy (non-hydrogen) atoms. The number of methoxy groups -OCH3 is 1. The molecule has 0 aliphatic rings. The highest BCUT2D eigenvalue weighted by atomic mass is 32.2. The molecule has 1 atom stereocenters. The fraction of sp³-hybridized carbons (Fsp3) is 0.125. The second-order valence-electron chi connectivity index (χ2n) is 5.48. The lowest BCUT2D eigenvalue weighted by Crippen LogP contribution is -2.22. The zero-order valence-electron chi connectivity index (χ0n) is 14.5. The molecule has 0 saturated carbocycles. The maximum Gasteiger partial charge on any atom is 0.340 e. The van der Waals surface area contributed by atoms with Gasteiger partial charge in [0.05, 0.1) is 42.1 Å². The van der Waals surface area contributed by atoms with Crippen molar-refractivity contribution in [2.24, 2.45) is 0 Å². The second-order valence-corrected chi connectivity index (χ2v) is 6.31. The number of benzene rings is 1. The van der Waals surface area contributed by atoms with Crippen LogP contribution in [0.3, 0.4) is 0 Å². The molecule has 0 amide bonds. The molecule has 0 saturated heterocycles. The van der Waals surface area contributed by atoms with E-state index in [2.05, 4.69) is 20.0 Å². The van der Waals surface area contributed by atoms with Crippen molar-refractivity contribution in [3.8, 4) is 5.69 Å². The third-order valence-corrected chi connectivity index (χ3v) is 4.33. The summed E-state index contributed by atoms with van der Waals surface area (Å²) < 4.78 is 56.4. The summed E-state index contributed by atoms with van der Waals surface area (Å²) in [6, 6.07) is 4.04. The lowest BCUT2D eigenvalue weighted by Gasteiger charge is -2.20. The quantitative estimate of drug-likeness (QED) is 0.509. The molecule has 9 nitrogen and oxygen atoms in total. The van der Waals surface area contributed by atoms with Crippen molar-refractivity contribution in [1.29, 1.82) is 0 Å². The van der Waals surface area contributed by atoms with Gasteiger partial charge in [-0.2, -0.15) is 0 Å². The van der Waals surface area contributed by atoms with E-state index in [0.29, 0.717) is 27.8 Å². The highest BCUT2D eigenvalue weighted by Crippen LogP contribution is 2.30. The van der Waals surface area contributed by atoms with Gasteiger partial charge < -0.3 is 4.74 Å². The summed E-state index contributed by atoms with van der Waals surface area (Å²) in [5.41, 5.74) is -0.0498. The van der Waals surface area contributed by atoms with Crippen LogP contribution in [0.2, 0.25) is 0 Å². The number of halogens is 2. The number of hydrogen-bond acceptors (Lipinski definition) is 6. The monoisotopic (exact) mass is 409 g/mol. The average molecular weight is 409 g/mol. The van der Waals surface area contributed by atoms with Gasteiger partial charge in [-0.05, 0) is 25.1 Å². The summed E-state index contributed by atoms with van der Waals surface area (Å²) in [5, 5.41) is 7.70. The van der Waals surface area contributed by atoms with Crippen LogP contribution in [0, 0.1) is 18.6 Å². The van der Waals surface area contributed by atoms with Gasteiger partial charge >= 0.3 is 5.97 Å². The van der Waals surface area contributed by atoms with Gasteiger partial charge in [0.2, 0.25) is 0 Å². The second kappa shape index (κ2) is 7.78. The topological polar surface area (TPSA) is 110 Å². The minimum atomic E-state index is -2.78. The fourth-order valence-electron chi connectivity index (χ4n) is 2.35. The summed E-state index contributed by atoms with van der Waals surface area (Å²) in [5.74, 6) is -3.44. The molecule has 1 unspecified atom stereocenters. The Balaban J connectivity index is 2.02. The molecule has 2 aromatic heterocycles. The normalized spacial score (nSPS) is 11.9. The van der Waals surface area contributed by atoms with Gasteiger partial charge in [0.25, 0.3) is 11.3 Å². The Labute approximate surface area is 160 Å². The van der Waals surface area contributed by atoms with Crippen LogP contribution in [0.25, 0.3) is 5.69 Å². The lowest BCUT2D eigenvalue weighted by molar-refractivity contribution is 0.0595. The molecule has 1 N–H and O–H groups in total. The van der Waals surface area contributed by atoms with E-state index in [0.717, 1.165) is 7.11 Å². The van der Waals surface area contributed by atoms with E-state index < -0.39 is 40.1 Å². The van der Waals surface area contributed by atoms with Gasteiger partial charge in [0.1, 0.15) is 17.5 Å². The van der Waals surface area contributed by atoms with E-state index in [1.165, 1.54) is 23.0 Å². The largest absolute Gasteiger partial charge is 0.465 e. The number of hydrogen-bond donors (Lipinski definition) is 1. The zero-order valence-corrected chi connectivity index (χ0v) is 15.4. The molecule has 0 radical (unpaired) electrons. The highest BCUT2D eigenvalue weighted by Gasteiger charge is 2.24. The number of aryl methyl sites for hydroxylation is 1. The first-order chi connectivity index (χ1) is 13.3. The molecule has 1 aromatic carbocycles. The van der Waals surface area contributed by atoms with E-state index >= 15 is 0 Å². The number of carbonyl (C=O) groups is 1. The fourth-order valence-corrected chi connectivity index (χ4v) is 2.93. The molecule has 3 rings (SSSR count). The number of pyridine rings is 1. The molecule has 12 heteroatoms. The molecule has 0 aliphatic heterocycles. The van der Waals surface area contributed by atoms with Gasteiger partial charge in [-0.15, -0.1) is 5.10 Å². The van der Waals surface area contributed by atoms with Crippen molar-refractivity contribution < 1.29 is 27.1 Å². The van der Waals surface area contributed by atoms with Crippen molar-refractivity contribution in [2.45, 2.75) is 6.92 Å². The number of anilines is 2. The molecular weight excluding hydrogens is 396 g/mol. The average Bonchev–Trinajstić information content (AvgIpc) is 3.10. The van der Waals surface area contributed by atoms with E-state index in [-0.39, 0.29) is 5.82 Å². The third-order valence-electron chi connectivity index (χ3n) is 3.63. The van der Waals surface area contributed by atoms with Crippen LogP contribution in [0.4, 0.5) is 20.3 Å². The molecule has 0 fully saturated rings. The maximum absolute atomic E-state index is 14.5. The standard InChI is InChI=1S/C16H13F2N5O4S/c1-9-8-22(21-20-9)10-3-4-15(19-7-10)23(28(25)26)14-6-12(17)11(5-13(14)18)16(24)27-2/h3-8H,1-2H3,(H,25,26). The van der Waals surface area contributed by atoms with Crippen molar-refractivity contribution >= 4 is 28.7 Å². The maximum atomic E-state index is 14.5. The predicted octanol–water partition coefficient (Wildman–Crippen LogP) is 2.31. The van der Waals surface area contributed by atoms with E-state index in [4.69, 9.17) is 0 Å². The minimum Gasteiger partial charge on any atom is -0.465 e. The Hall–Kier alpha value is -3.25. The first-order valence-corrected chi connectivity index (χ1v) is 8.72. The number of aromatic nitrogens is 4. The minimum absolute atomic E-state index is 0.134. The zero-order chi connectivity index (χ0) is 20.4. The Kier molecular flexibility index (Phi) is 5.42. The van der Waals surface area contributed by atoms with Crippen LogP contribution < -0.4 is 4.31 Å². The third kappa shape index (κ3) is 3.73. The van der Waals surface area contributed by atoms with Crippen molar-refractivity contribution in [3.05, 3.63) is 59.6 Å². The molecule has 0 aliphatic carbocycles. The van der Waals surface area contributed by atoms with Crippen LogP contribution in [0.5, 0.6) is 0 Å². The SMILES string of the molecule is COC(=O)c1cc(F)c(N(c2ccc(-n3cc(C)nn3)cn2)S(=O)O)cc1F. The van der Waals surface area contributed by atoms with E-state index in [1.54, 1.807) is 13.1 Å². The smallest absolute Gasteiger partial charge is 0.340 e. The number of nitrogens with zero attached hydrogens (tertiary/aromatic N) is 5. The van der Waals surface area contributed by atoms with Gasteiger partial charge in [-0.1, -0.05) is 5.21 Å². The van der Waals surface area contributed by atoms with Crippen LogP contribution in [0.15, 0.2) is 36.7 Å². The number of rotatable bonds is 5. The van der Waals surface area contributed by atoms with Crippen LogP contribution in [0.1, 0.15) is 16.1 Å². The molecule has 0 spiro atoms. The highest BCUT2D eigenvalue weighted by molar-refractivity contribution is 7.81. The van der Waals surface area contributed by atoms with Gasteiger partial charge in [0, 0.05) is 6.07 Å². The van der Waals surface area contributed by atoms with Crippen LogP contribution in [-0.4, -0.2) is 41.8 Å². The number of ether oxygens (including phenoxy) is 1. The number of carbonyl (C=O) groups excluding carboxylic acids is 1.